The Bertz CT molecular complexity index is 417. The van der Waals surface area contributed by atoms with Crippen molar-refractivity contribution in [3.05, 3.63) is 34.1 Å². The highest BCUT2D eigenvalue weighted by Gasteiger charge is 2.18. The zero-order chi connectivity index (χ0) is 12.3. The molecule has 1 atom stereocenters. The van der Waals surface area contributed by atoms with Crippen LogP contribution in [0.5, 0.6) is 0 Å². The Morgan fingerprint density at radius 2 is 2.18 bits per heavy atom. The summed E-state index contributed by atoms with van der Waals surface area (Å²) in [5.41, 5.74) is 1.10. The lowest BCUT2D eigenvalue weighted by Gasteiger charge is -2.14. The number of carbonyl (C=O) groups excluding carboxylic acids is 1. The second-order valence-electron chi connectivity index (χ2n) is 4.79. The maximum atomic E-state index is 13.0. The van der Waals surface area contributed by atoms with E-state index >= 15 is 0 Å². The zero-order valence-electron chi connectivity index (χ0n) is 9.72. The van der Waals surface area contributed by atoms with Gasteiger partial charge in [-0.3, -0.25) is 4.79 Å². The molecule has 1 saturated carbocycles. The first kappa shape index (κ1) is 12.7. The van der Waals surface area contributed by atoms with Gasteiger partial charge in [-0.15, -0.1) is 0 Å². The topological polar surface area (TPSA) is 17.1 Å². The van der Waals surface area contributed by atoms with Gasteiger partial charge < -0.3 is 0 Å². The summed E-state index contributed by atoms with van der Waals surface area (Å²) in [6.07, 6.45) is 5.56. The minimum atomic E-state index is -0.224. The maximum Gasteiger partial charge on any atom is 0.133 e. The quantitative estimate of drug-likeness (QED) is 0.745. The molecule has 0 heterocycles. The summed E-state index contributed by atoms with van der Waals surface area (Å²) in [6, 6.07) is 4.79. The molecule has 2 rings (SSSR count). The second-order valence-corrected chi connectivity index (χ2v) is 5.65. The fourth-order valence-corrected chi connectivity index (χ4v) is 2.97. The Morgan fingerprint density at radius 3 is 2.94 bits per heavy atom. The molecule has 1 aliphatic carbocycles. The van der Waals surface area contributed by atoms with Crippen LogP contribution in [0.3, 0.4) is 0 Å². The van der Waals surface area contributed by atoms with Gasteiger partial charge in [-0.25, -0.2) is 4.39 Å². The highest BCUT2D eigenvalue weighted by atomic mass is 79.9. The highest BCUT2D eigenvalue weighted by molar-refractivity contribution is 9.10. The normalized spacial score (nSPS) is 21.3. The van der Waals surface area contributed by atoms with Crippen molar-refractivity contribution >= 4 is 21.7 Å². The third-order valence-electron chi connectivity index (χ3n) is 3.36. The van der Waals surface area contributed by atoms with E-state index in [0.29, 0.717) is 18.1 Å². The molecule has 0 amide bonds. The molecule has 92 valence electrons. The second kappa shape index (κ2) is 5.76. The molecule has 1 nitrogen and oxygen atoms in total. The van der Waals surface area contributed by atoms with Crippen LogP contribution < -0.4 is 0 Å². The van der Waals surface area contributed by atoms with Crippen molar-refractivity contribution in [2.75, 3.05) is 0 Å². The van der Waals surface area contributed by atoms with Crippen molar-refractivity contribution < 1.29 is 9.18 Å². The van der Waals surface area contributed by atoms with E-state index in [1.807, 2.05) is 6.07 Å². The number of rotatable bonds is 2. The van der Waals surface area contributed by atoms with Gasteiger partial charge in [0.1, 0.15) is 11.6 Å². The van der Waals surface area contributed by atoms with Crippen molar-refractivity contribution in [1.82, 2.24) is 0 Å². The first-order chi connectivity index (χ1) is 8.15. The van der Waals surface area contributed by atoms with Crippen LogP contribution in [0.2, 0.25) is 0 Å². The number of ketones is 1. The molecular formula is C14H16BrFO. The summed E-state index contributed by atoms with van der Waals surface area (Å²) in [5.74, 6) is 0.579. The monoisotopic (exact) mass is 298 g/mol. The van der Waals surface area contributed by atoms with Gasteiger partial charge in [-0.1, -0.05) is 28.4 Å². The smallest absolute Gasteiger partial charge is 0.133 e. The molecular weight excluding hydrogens is 283 g/mol. The average Bonchev–Trinajstić information content (AvgIpc) is 2.47. The van der Waals surface area contributed by atoms with E-state index in [2.05, 4.69) is 15.9 Å². The van der Waals surface area contributed by atoms with Gasteiger partial charge in [0.2, 0.25) is 0 Å². The lowest BCUT2D eigenvalue weighted by Crippen LogP contribution is -2.08. The summed E-state index contributed by atoms with van der Waals surface area (Å²) in [7, 11) is 0. The highest BCUT2D eigenvalue weighted by Crippen LogP contribution is 2.27. The molecule has 1 aromatic carbocycles. The van der Waals surface area contributed by atoms with Crippen molar-refractivity contribution in [3.63, 3.8) is 0 Å². The van der Waals surface area contributed by atoms with Gasteiger partial charge >= 0.3 is 0 Å². The molecule has 1 fully saturated rings. The Morgan fingerprint density at radius 1 is 1.35 bits per heavy atom. The summed E-state index contributed by atoms with van der Waals surface area (Å²) >= 11 is 3.38. The third-order valence-corrected chi connectivity index (χ3v) is 4.10. The van der Waals surface area contributed by atoms with E-state index in [4.69, 9.17) is 0 Å². The van der Waals surface area contributed by atoms with Crippen LogP contribution in [0.25, 0.3) is 0 Å². The largest absolute Gasteiger partial charge is 0.300 e. The van der Waals surface area contributed by atoms with E-state index in [9.17, 15) is 9.18 Å². The van der Waals surface area contributed by atoms with Crippen LogP contribution in [-0.2, 0) is 11.2 Å². The molecule has 1 aliphatic rings. The first-order valence-electron chi connectivity index (χ1n) is 6.11. The van der Waals surface area contributed by atoms with E-state index in [-0.39, 0.29) is 5.82 Å². The average molecular weight is 299 g/mol. The lowest BCUT2D eigenvalue weighted by molar-refractivity contribution is -0.119. The lowest BCUT2D eigenvalue weighted by atomic mass is 9.92. The van der Waals surface area contributed by atoms with Gasteiger partial charge in [0, 0.05) is 17.3 Å². The van der Waals surface area contributed by atoms with Crippen molar-refractivity contribution in [2.45, 2.75) is 38.5 Å². The number of benzene rings is 1. The van der Waals surface area contributed by atoms with Crippen LogP contribution in [-0.4, -0.2) is 5.78 Å². The third kappa shape index (κ3) is 3.63. The molecule has 0 aliphatic heterocycles. The minimum absolute atomic E-state index is 0.224. The van der Waals surface area contributed by atoms with Crippen LogP contribution in [0, 0.1) is 11.7 Å². The Balaban J connectivity index is 2.06. The number of hydrogen-bond acceptors (Lipinski definition) is 1. The van der Waals surface area contributed by atoms with Crippen molar-refractivity contribution in [2.24, 2.45) is 5.92 Å². The predicted molar refractivity (Wildman–Crippen MR) is 69.4 cm³/mol. The molecule has 0 bridgehead atoms. The SMILES string of the molecule is O=C1CCCCC(Cc2ccc(F)cc2Br)C1. The van der Waals surface area contributed by atoms with Crippen LogP contribution in [0.4, 0.5) is 4.39 Å². The molecule has 1 unspecified atom stereocenters. The van der Waals surface area contributed by atoms with Crippen LogP contribution in [0.15, 0.2) is 22.7 Å². The molecule has 0 spiro atoms. The first-order valence-corrected chi connectivity index (χ1v) is 6.90. The zero-order valence-corrected chi connectivity index (χ0v) is 11.3. The summed E-state index contributed by atoms with van der Waals surface area (Å²) in [4.78, 5) is 11.6. The van der Waals surface area contributed by atoms with Gasteiger partial charge in [0.25, 0.3) is 0 Å². The summed E-state index contributed by atoms with van der Waals surface area (Å²) in [5, 5.41) is 0. The van der Waals surface area contributed by atoms with E-state index in [1.165, 1.54) is 12.1 Å². The molecule has 3 heteroatoms. The Labute approximate surface area is 110 Å². The fourth-order valence-electron chi connectivity index (χ4n) is 2.45. The summed E-state index contributed by atoms with van der Waals surface area (Å²) in [6.45, 7) is 0. The van der Waals surface area contributed by atoms with Crippen molar-refractivity contribution in [1.29, 1.82) is 0 Å². The Kier molecular flexibility index (Phi) is 4.32. The van der Waals surface area contributed by atoms with E-state index in [0.717, 1.165) is 42.1 Å². The number of halogens is 2. The number of hydrogen-bond donors (Lipinski definition) is 0. The molecule has 0 N–H and O–H groups in total. The fraction of sp³-hybridized carbons (Fsp3) is 0.500. The van der Waals surface area contributed by atoms with Crippen molar-refractivity contribution in [3.8, 4) is 0 Å². The minimum Gasteiger partial charge on any atom is -0.300 e. The van der Waals surface area contributed by atoms with E-state index < -0.39 is 0 Å². The Hall–Kier alpha value is -0.700. The van der Waals surface area contributed by atoms with Gasteiger partial charge in [0.05, 0.1) is 0 Å². The predicted octanol–water partition coefficient (Wildman–Crippen LogP) is 4.28. The van der Waals surface area contributed by atoms with Gasteiger partial charge in [-0.05, 0) is 42.9 Å². The molecule has 0 aromatic heterocycles. The number of carbonyl (C=O) groups is 1. The van der Waals surface area contributed by atoms with Crippen LogP contribution in [0.1, 0.15) is 37.7 Å². The molecule has 0 saturated heterocycles. The molecule has 1 aromatic rings. The molecule has 0 radical (unpaired) electrons. The maximum absolute atomic E-state index is 13.0. The number of Topliss-reactive ketones (excluding diaryl/α,β-unsaturated/α-hetero) is 1. The standard InChI is InChI=1S/C14H16BrFO/c15-14-9-12(16)6-5-11(14)7-10-3-1-2-4-13(17)8-10/h5-6,9-10H,1-4,7-8H2. The van der Waals surface area contributed by atoms with E-state index in [1.54, 1.807) is 0 Å². The summed E-state index contributed by atoms with van der Waals surface area (Å²) < 4.78 is 13.8. The van der Waals surface area contributed by atoms with Gasteiger partial charge in [-0.2, -0.15) is 0 Å². The molecule has 17 heavy (non-hydrogen) atoms. The van der Waals surface area contributed by atoms with Crippen LogP contribution >= 0.6 is 15.9 Å². The van der Waals surface area contributed by atoms with Gasteiger partial charge in [0.15, 0.2) is 0 Å².